The Morgan fingerprint density at radius 3 is 1.92 bits per heavy atom. The lowest BCUT2D eigenvalue weighted by Gasteiger charge is -2.22. The Morgan fingerprint density at radius 2 is 1.83 bits per heavy atom. The molecule has 0 aromatic rings. The Balaban J connectivity index is 4.83. The van der Waals surface area contributed by atoms with Crippen molar-refractivity contribution in [3.8, 4) is 0 Å². The fourth-order valence-corrected chi connectivity index (χ4v) is 1.22. The van der Waals surface area contributed by atoms with Gasteiger partial charge < -0.3 is 4.79 Å². The van der Waals surface area contributed by atoms with Gasteiger partial charge in [-0.1, -0.05) is 20.4 Å². The first-order valence-corrected chi connectivity index (χ1v) is 4.20. The summed E-state index contributed by atoms with van der Waals surface area (Å²) in [5.41, 5.74) is -0.350. The standard InChI is InChI=1S/C10H16O2/c1-5-10(6-2,7-11)9(12)8(3)4/h7H,3,5-6H2,1-2,4H3. The number of rotatable bonds is 5. The molecular formula is C10H16O2. The molecule has 0 rings (SSSR count). The maximum absolute atomic E-state index is 11.5. The molecule has 0 bridgehead atoms. The number of hydrogen-bond acceptors (Lipinski definition) is 2. The van der Waals surface area contributed by atoms with Gasteiger partial charge in [-0.2, -0.15) is 0 Å². The summed E-state index contributed by atoms with van der Waals surface area (Å²) in [7, 11) is 0. The van der Waals surface area contributed by atoms with Crippen LogP contribution in [0.3, 0.4) is 0 Å². The second-order valence-corrected chi connectivity index (χ2v) is 3.09. The van der Waals surface area contributed by atoms with E-state index in [1.165, 1.54) is 0 Å². The Labute approximate surface area is 73.7 Å². The molecule has 0 aliphatic carbocycles. The number of Topliss-reactive ketones (excluding diaryl/α,β-unsaturated/α-hetero) is 1. The van der Waals surface area contributed by atoms with E-state index in [1.54, 1.807) is 6.92 Å². The third kappa shape index (κ3) is 1.81. The van der Waals surface area contributed by atoms with E-state index in [0.29, 0.717) is 18.4 Å². The fraction of sp³-hybridized carbons (Fsp3) is 0.600. The zero-order valence-corrected chi connectivity index (χ0v) is 8.02. The van der Waals surface area contributed by atoms with Crippen molar-refractivity contribution in [2.24, 2.45) is 5.41 Å². The lowest BCUT2D eigenvalue weighted by Crippen LogP contribution is -2.31. The van der Waals surface area contributed by atoms with E-state index in [1.807, 2.05) is 13.8 Å². The smallest absolute Gasteiger partial charge is 0.171 e. The van der Waals surface area contributed by atoms with Gasteiger partial charge in [0.1, 0.15) is 6.29 Å². The summed E-state index contributed by atoms with van der Waals surface area (Å²) < 4.78 is 0. The van der Waals surface area contributed by atoms with Crippen molar-refractivity contribution in [2.45, 2.75) is 33.6 Å². The van der Waals surface area contributed by atoms with Crippen LogP contribution in [0.1, 0.15) is 33.6 Å². The van der Waals surface area contributed by atoms with E-state index in [4.69, 9.17) is 0 Å². The summed E-state index contributed by atoms with van der Waals surface area (Å²) in [6.07, 6.45) is 1.86. The molecular weight excluding hydrogens is 152 g/mol. The first-order valence-electron chi connectivity index (χ1n) is 4.20. The number of carbonyl (C=O) groups excluding carboxylic acids is 2. The Morgan fingerprint density at radius 1 is 1.42 bits per heavy atom. The van der Waals surface area contributed by atoms with Gasteiger partial charge in [-0.15, -0.1) is 0 Å². The lowest BCUT2D eigenvalue weighted by molar-refractivity contribution is -0.132. The topological polar surface area (TPSA) is 34.1 Å². The van der Waals surface area contributed by atoms with Crippen molar-refractivity contribution in [1.82, 2.24) is 0 Å². The summed E-state index contributed by atoms with van der Waals surface area (Å²) >= 11 is 0. The normalized spacial score (nSPS) is 10.9. The molecule has 0 radical (unpaired) electrons. The van der Waals surface area contributed by atoms with Crippen LogP contribution in [0.2, 0.25) is 0 Å². The monoisotopic (exact) mass is 168 g/mol. The molecule has 0 spiro atoms. The number of aldehydes is 1. The second-order valence-electron chi connectivity index (χ2n) is 3.09. The summed E-state index contributed by atoms with van der Waals surface area (Å²) in [5, 5.41) is 0. The number of ketones is 1. The molecule has 0 atom stereocenters. The highest BCUT2D eigenvalue weighted by Gasteiger charge is 2.34. The lowest BCUT2D eigenvalue weighted by atomic mass is 9.77. The van der Waals surface area contributed by atoms with Gasteiger partial charge in [0.15, 0.2) is 5.78 Å². The van der Waals surface area contributed by atoms with Crippen molar-refractivity contribution in [3.05, 3.63) is 12.2 Å². The van der Waals surface area contributed by atoms with E-state index in [0.717, 1.165) is 6.29 Å². The third-order valence-corrected chi connectivity index (χ3v) is 2.33. The predicted molar refractivity (Wildman–Crippen MR) is 48.9 cm³/mol. The maximum Gasteiger partial charge on any atom is 0.171 e. The van der Waals surface area contributed by atoms with Crippen LogP contribution >= 0.6 is 0 Å². The number of carbonyl (C=O) groups is 2. The molecule has 0 heterocycles. The van der Waals surface area contributed by atoms with Crippen molar-refractivity contribution in [2.75, 3.05) is 0 Å². The summed E-state index contributed by atoms with van der Waals surface area (Å²) in [5.74, 6) is -0.123. The molecule has 0 aromatic carbocycles. The summed E-state index contributed by atoms with van der Waals surface area (Å²) in [4.78, 5) is 22.3. The van der Waals surface area contributed by atoms with Crippen LogP contribution in [0, 0.1) is 5.41 Å². The van der Waals surface area contributed by atoms with Gasteiger partial charge >= 0.3 is 0 Å². The minimum Gasteiger partial charge on any atom is -0.302 e. The van der Waals surface area contributed by atoms with E-state index in [-0.39, 0.29) is 5.78 Å². The minimum absolute atomic E-state index is 0.123. The van der Waals surface area contributed by atoms with E-state index >= 15 is 0 Å². The fourth-order valence-electron chi connectivity index (χ4n) is 1.22. The van der Waals surface area contributed by atoms with Crippen LogP contribution in [-0.4, -0.2) is 12.1 Å². The molecule has 68 valence electrons. The molecule has 0 amide bonds. The first kappa shape index (κ1) is 11.1. The van der Waals surface area contributed by atoms with Crippen LogP contribution in [0.4, 0.5) is 0 Å². The van der Waals surface area contributed by atoms with Gasteiger partial charge in [-0.3, -0.25) is 4.79 Å². The maximum atomic E-state index is 11.5. The van der Waals surface area contributed by atoms with Gasteiger partial charge in [-0.25, -0.2) is 0 Å². The van der Waals surface area contributed by atoms with Crippen molar-refractivity contribution >= 4 is 12.1 Å². The molecule has 2 heteroatoms. The predicted octanol–water partition coefficient (Wildman–Crippen LogP) is 2.14. The molecule has 0 unspecified atom stereocenters. The average molecular weight is 168 g/mol. The Hall–Kier alpha value is -0.920. The first-order chi connectivity index (χ1) is 5.54. The molecule has 0 fully saturated rings. The van der Waals surface area contributed by atoms with Gasteiger partial charge in [-0.05, 0) is 25.3 Å². The van der Waals surface area contributed by atoms with E-state index in [2.05, 4.69) is 6.58 Å². The highest BCUT2D eigenvalue weighted by atomic mass is 16.1. The van der Waals surface area contributed by atoms with Crippen LogP contribution in [0.15, 0.2) is 12.2 Å². The molecule has 0 aromatic heterocycles. The van der Waals surface area contributed by atoms with Crippen LogP contribution in [-0.2, 0) is 9.59 Å². The zero-order valence-electron chi connectivity index (χ0n) is 8.02. The molecule has 0 saturated carbocycles. The quantitative estimate of drug-likeness (QED) is 0.358. The third-order valence-electron chi connectivity index (χ3n) is 2.33. The SMILES string of the molecule is C=C(C)C(=O)C(C=O)(CC)CC. The average Bonchev–Trinajstić information content (AvgIpc) is 2.08. The van der Waals surface area contributed by atoms with Crippen molar-refractivity contribution in [3.63, 3.8) is 0 Å². The highest BCUT2D eigenvalue weighted by Crippen LogP contribution is 2.27. The van der Waals surface area contributed by atoms with E-state index in [9.17, 15) is 9.59 Å². The van der Waals surface area contributed by atoms with Gasteiger partial charge in [0, 0.05) is 0 Å². The van der Waals surface area contributed by atoms with Crippen LogP contribution in [0.5, 0.6) is 0 Å². The Kier molecular flexibility index (Phi) is 3.87. The largest absolute Gasteiger partial charge is 0.302 e. The number of hydrogen-bond donors (Lipinski definition) is 0. The van der Waals surface area contributed by atoms with Crippen molar-refractivity contribution in [1.29, 1.82) is 0 Å². The highest BCUT2D eigenvalue weighted by molar-refractivity contribution is 6.07. The van der Waals surface area contributed by atoms with Gasteiger partial charge in [0.25, 0.3) is 0 Å². The molecule has 12 heavy (non-hydrogen) atoms. The van der Waals surface area contributed by atoms with Crippen molar-refractivity contribution < 1.29 is 9.59 Å². The molecule has 2 nitrogen and oxygen atoms in total. The Bertz CT molecular complexity index is 200. The molecule has 0 N–H and O–H groups in total. The van der Waals surface area contributed by atoms with E-state index < -0.39 is 5.41 Å². The molecule has 0 aliphatic rings. The van der Waals surface area contributed by atoms with Crippen LogP contribution < -0.4 is 0 Å². The van der Waals surface area contributed by atoms with Gasteiger partial charge in [0.05, 0.1) is 5.41 Å². The molecule has 0 saturated heterocycles. The summed E-state index contributed by atoms with van der Waals surface area (Å²) in [6.45, 7) is 8.89. The zero-order chi connectivity index (χ0) is 9.78. The summed E-state index contributed by atoms with van der Waals surface area (Å²) in [6, 6.07) is 0. The second kappa shape index (κ2) is 4.19. The van der Waals surface area contributed by atoms with Crippen LogP contribution in [0.25, 0.3) is 0 Å². The van der Waals surface area contributed by atoms with Gasteiger partial charge in [0.2, 0.25) is 0 Å². The molecule has 0 aliphatic heterocycles. The number of allylic oxidation sites excluding steroid dienone is 1. The minimum atomic E-state index is -0.814.